The van der Waals surface area contributed by atoms with E-state index in [1.165, 1.54) is 17.5 Å². The number of halogens is 1. The standard InChI is InChI=1S/C13H19FN2O3S/c1-3-6-16(9-4-5-9)20(17,18)10-7-11(14)13(19-2)12(15)8-10/h7-9H,3-6,15H2,1-2H3. The lowest BCUT2D eigenvalue weighted by Crippen LogP contribution is -2.34. The number of hydrogen-bond donors (Lipinski definition) is 1. The first kappa shape index (κ1) is 15.1. The van der Waals surface area contributed by atoms with Gasteiger partial charge in [0.2, 0.25) is 10.0 Å². The highest BCUT2D eigenvalue weighted by atomic mass is 32.2. The third kappa shape index (κ3) is 2.73. The lowest BCUT2D eigenvalue weighted by atomic mass is 10.3. The van der Waals surface area contributed by atoms with Crippen LogP contribution in [0.5, 0.6) is 5.75 Å². The number of methoxy groups -OCH3 is 1. The monoisotopic (exact) mass is 302 g/mol. The van der Waals surface area contributed by atoms with E-state index in [0.29, 0.717) is 13.0 Å². The quantitative estimate of drug-likeness (QED) is 0.816. The van der Waals surface area contributed by atoms with Crippen LogP contribution in [0, 0.1) is 5.82 Å². The molecule has 1 fully saturated rings. The summed E-state index contributed by atoms with van der Waals surface area (Å²) in [6.45, 7) is 2.34. The summed E-state index contributed by atoms with van der Waals surface area (Å²) in [5, 5.41) is 0. The fourth-order valence-electron chi connectivity index (χ4n) is 2.17. The van der Waals surface area contributed by atoms with E-state index in [0.717, 1.165) is 18.9 Å². The van der Waals surface area contributed by atoms with Crippen LogP contribution in [-0.2, 0) is 10.0 Å². The molecule has 7 heteroatoms. The normalized spacial score (nSPS) is 15.6. The average Bonchev–Trinajstić information content (AvgIpc) is 3.19. The highest BCUT2D eigenvalue weighted by Crippen LogP contribution is 2.35. The maximum atomic E-state index is 13.8. The minimum atomic E-state index is -3.71. The molecule has 5 nitrogen and oxygen atoms in total. The Bertz CT molecular complexity index is 577. The van der Waals surface area contributed by atoms with Gasteiger partial charge in [0.1, 0.15) is 0 Å². The van der Waals surface area contributed by atoms with Gasteiger partial charge in [-0.2, -0.15) is 4.31 Å². The van der Waals surface area contributed by atoms with Gasteiger partial charge in [-0.05, 0) is 31.4 Å². The maximum absolute atomic E-state index is 13.8. The van der Waals surface area contributed by atoms with Gasteiger partial charge in [0.05, 0.1) is 17.7 Å². The Labute approximate surface area is 118 Å². The Morgan fingerprint density at radius 2 is 2.10 bits per heavy atom. The molecule has 0 heterocycles. The van der Waals surface area contributed by atoms with E-state index in [1.54, 1.807) is 0 Å². The van der Waals surface area contributed by atoms with Crippen molar-refractivity contribution in [1.82, 2.24) is 4.31 Å². The fraction of sp³-hybridized carbons (Fsp3) is 0.538. The molecule has 0 bridgehead atoms. The maximum Gasteiger partial charge on any atom is 0.243 e. The first-order valence-electron chi connectivity index (χ1n) is 6.56. The largest absolute Gasteiger partial charge is 0.492 e. The van der Waals surface area contributed by atoms with E-state index >= 15 is 0 Å². The summed E-state index contributed by atoms with van der Waals surface area (Å²) >= 11 is 0. The summed E-state index contributed by atoms with van der Waals surface area (Å²) in [7, 11) is -2.42. The first-order chi connectivity index (χ1) is 9.41. The van der Waals surface area contributed by atoms with Crippen LogP contribution in [0.15, 0.2) is 17.0 Å². The molecule has 0 aromatic heterocycles. The summed E-state index contributed by atoms with van der Waals surface area (Å²) in [5.41, 5.74) is 5.63. The predicted molar refractivity (Wildman–Crippen MR) is 74.6 cm³/mol. The molecule has 20 heavy (non-hydrogen) atoms. The Kier molecular flexibility index (Phi) is 4.19. The lowest BCUT2D eigenvalue weighted by molar-refractivity contribution is 0.386. The molecule has 112 valence electrons. The van der Waals surface area contributed by atoms with Crippen molar-refractivity contribution in [3.8, 4) is 5.75 Å². The van der Waals surface area contributed by atoms with Crippen molar-refractivity contribution >= 4 is 15.7 Å². The highest BCUT2D eigenvalue weighted by molar-refractivity contribution is 7.89. The zero-order valence-corrected chi connectivity index (χ0v) is 12.4. The Balaban J connectivity index is 2.43. The minimum Gasteiger partial charge on any atom is -0.492 e. The molecule has 0 spiro atoms. The molecule has 2 N–H and O–H groups in total. The van der Waals surface area contributed by atoms with Crippen LogP contribution in [0.2, 0.25) is 0 Å². The molecule has 1 aliphatic rings. The minimum absolute atomic E-state index is 0.0154. The number of nitrogens with two attached hydrogens (primary N) is 1. The zero-order valence-electron chi connectivity index (χ0n) is 11.6. The Morgan fingerprint density at radius 1 is 1.45 bits per heavy atom. The van der Waals surface area contributed by atoms with E-state index in [-0.39, 0.29) is 22.4 Å². The number of hydrogen-bond acceptors (Lipinski definition) is 4. The predicted octanol–water partition coefficient (Wildman–Crippen LogP) is 1.98. The summed E-state index contributed by atoms with van der Waals surface area (Å²) in [4.78, 5) is -0.117. The van der Waals surface area contributed by atoms with Crippen molar-refractivity contribution in [2.75, 3.05) is 19.4 Å². The van der Waals surface area contributed by atoms with Crippen molar-refractivity contribution in [3.63, 3.8) is 0 Å². The molecular weight excluding hydrogens is 283 g/mol. The number of nitrogens with zero attached hydrogens (tertiary/aromatic N) is 1. The third-order valence-corrected chi connectivity index (χ3v) is 5.18. The second kappa shape index (κ2) is 5.57. The number of nitrogen functional groups attached to an aromatic ring is 1. The highest BCUT2D eigenvalue weighted by Gasteiger charge is 2.37. The van der Waals surface area contributed by atoms with Crippen LogP contribution in [0.4, 0.5) is 10.1 Å². The van der Waals surface area contributed by atoms with Crippen molar-refractivity contribution in [2.24, 2.45) is 0 Å². The van der Waals surface area contributed by atoms with Gasteiger partial charge in [0.25, 0.3) is 0 Å². The van der Waals surface area contributed by atoms with E-state index in [9.17, 15) is 12.8 Å². The SMILES string of the molecule is CCCN(C1CC1)S(=O)(=O)c1cc(N)c(OC)c(F)c1. The molecular formula is C13H19FN2O3S. The van der Waals surface area contributed by atoms with Crippen molar-refractivity contribution in [1.29, 1.82) is 0 Å². The van der Waals surface area contributed by atoms with Crippen LogP contribution in [0.3, 0.4) is 0 Å². The van der Waals surface area contributed by atoms with Gasteiger partial charge in [-0.15, -0.1) is 0 Å². The van der Waals surface area contributed by atoms with Crippen LogP contribution >= 0.6 is 0 Å². The molecule has 1 aromatic rings. The number of sulfonamides is 1. The van der Waals surface area contributed by atoms with Gasteiger partial charge >= 0.3 is 0 Å². The van der Waals surface area contributed by atoms with E-state index < -0.39 is 15.8 Å². The van der Waals surface area contributed by atoms with Gasteiger partial charge in [0.15, 0.2) is 11.6 Å². The van der Waals surface area contributed by atoms with Gasteiger partial charge in [-0.25, -0.2) is 12.8 Å². The molecule has 0 aliphatic heterocycles. The lowest BCUT2D eigenvalue weighted by Gasteiger charge is -2.21. The third-order valence-electron chi connectivity index (χ3n) is 3.25. The topological polar surface area (TPSA) is 72.6 Å². The fourth-order valence-corrected chi connectivity index (χ4v) is 4.00. The van der Waals surface area contributed by atoms with Crippen LogP contribution < -0.4 is 10.5 Å². The molecule has 0 atom stereocenters. The second-order valence-electron chi connectivity index (χ2n) is 4.87. The molecule has 1 saturated carbocycles. The molecule has 1 aromatic carbocycles. The van der Waals surface area contributed by atoms with E-state index in [2.05, 4.69) is 0 Å². The van der Waals surface area contributed by atoms with E-state index in [4.69, 9.17) is 10.5 Å². The van der Waals surface area contributed by atoms with Crippen LogP contribution in [0.1, 0.15) is 26.2 Å². The average molecular weight is 302 g/mol. The van der Waals surface area contributed by atoms with Crippen molar-refractivity contribution in [3.05, 3.63) is 17.9 Å². The molecule has 0 amide bonds. The summed E-state index contributed by atoms with van der Waals surface area (Å²) in [6.07, 6.45) is 2.42. The molecule has 0 saturated heterocycles. The second-order valence-corrected chi connectivity index (χ2v) is 6.77. The Morgan fingerprint density at radius 3 is 2.55 bits per heavy atom. The molecule has 1 aliphatic carbocycles. The zero-order chi connectivity index (χ0) is 14.9. The Hall–Kier alpha value is -1.34. The number of benzene rings is 1. The molecule has 0 unspecified atom stereocenters. The first-order valence-corrected chi connectivity index (χ1v) is 8.00. The van der Waals surface area contributed by atoms with E-state index in [1.807, 2.05) is 6.92 Å². The van der Waals surface area contributed by atoms with Crippen molar-refractivity contribution in [2.45, 2.75) is 37.1 Å². The smallest absolute Gasteiger partial charge is 0.243 e. The van der Waals surface area contributed by atoms with Gasteiger partial charge < -0.3 is 10.5 Å². The van der Waals surface area contributed by atoms with Gasteiger partial charge in [-0.1, -0.05) is 6.92 Å². The summed E-state index contributed by atoms with van der Waals surface area (Å²) < 4.78 is 45.2. The number of anilines is 1. The van der Waals surface area contributed by atoms with Crippen molar-refractivity contribution < 1.29 is 17.5 Å². The number of rotatable bonds is 6. The summed E-state index contributed by atoms with van der Waals surface area (Å²) in [6, 6.07) is 2.25. The molecule has 0 radical (unpaired) electrons. The molecule has 2 rings (SSSR count). The van der Waals surface area contributed by atoms with Gasteiger partial charge in [-0.3, -0.25) is 0 Å². The summed E-state index contributed by atoms with van der Waals surface area (Å²) in [5.74, 6) is -0.893. The van der Waals surface area contributed by atoms with Crippen LogP contribution in [0.25, 0.3) is 0 Å². The van der Waals surface area contributed by atoms with Crippen LogP contribution in [-0.4, -0.2) is 32.4 Å². The number of ether oxygens (including phenoxy) is 1. The van der Waals surface area contributed by atoms with Gasteiger partial charge in [0, 0.05) is 12.6 Å².